The van der Waals surface area contributed by atoms with Crippen LogP contribution in [0.3, 0.4) is 0 Å². The maximum atomic E-state index is 15.8. The van der Waals surface area contributed by atoms with Crippen LogP contribution in [0.1, 0.15) is 37.4 Å². The SMILES string of the molecule is N#Cc1ccc(NC(=O)c2c(F)cc(F)cc2F)cc1C(=O)Nc1c(Cl)cc(C(F)(c2ccc(Cl)cc2)C(F)(F)F)cc1Cl. The molecule has 0 spiro atoms. The summed E-state index contributed by atoms with van der Waals surface area (Å²) < 4.78 is 99.3. The summed E-state index contributed by atoms with van der Waals surface area (Å²) >= 11 is 18.0. The number of nitrogens with zero attached hydrogens (tertiary/aromatic N) is 1. The van der Waals surface area contributed by atoms with Crippen molar-refractivity contribution in [2.75, 3.05) is 10.6 Å². The van der Waals surface area contributed by atoms with E-state index in [2.05, 4.69) is 10.6 Å². The van der Waals surface area contributed by atoms with Crippen molar-refractivity contribution < 1.29 is 40.3 Å². The minimum Gasteiger partial charge on any atom is -0.322 e. The van der Waals surface area contributed by atoms with Gasteiger partial charge < -0.3 is 10.6 Å². The van der Waals surface area contributed by atoms with Crippen LogP contribution in [0.15, 0.2) is 66.7 Å². The van der Waals surface area contributed by atoms with Gasteiger partial charge in [-0.15, -0.1) is 0 Å². The number of hydrogen-bond acceptors (Lipinski definition) is 3. The van der Waals surface area contributed by atoms with Crippen LogP contribution in [-0.4, -0.2) is 18.0 Å². The van der Waals surface area contributed by atoms with Gasteiger partial charge in [0.2, 0.25) is 0 Å². The number of amides is 2. The van der Waals surface area contributed by atoms with E-state index in [1.807, 2.05) is 0 Å². The summed E-state index contributed by atoms with van der Waals surface area (Å²) in [6.07, 6.45) is -5.48. The first kappa shape index (κ1) is 32.6. The van der Waals surface area contributed by atoms with Crippen molar-refractivity contribution in [1.82, 2.24) is 0 Å². The van der Waals surface area contributed by atoms with E-state index < -0.39 is 79.1 Å². The van der Waals surface area contributed by atoms with E-state index in [-0.39, 0.29) is 28.4 Å². The van der Waals surface area contributed by atoms with Gasteiger partial charge in [-0.1, -0.05) is 46.9 Å². The third kappa shape index (κ3) is 6.31. The molecule has 5 nitrogen and oxygen atoms in total. The molecule has 0 fully saturated rings. The van der Waals surface area contributed by atoms with E-state index in [1.165, 1.54) is 0 Å². The Bertz CT molecular complexity index is 1800. The molecule has 0 aromatic heterocycles. The van der Waals surface area contributed by atoms with Crippen LogP contribution in [-0.2, 0) is 5.67 Å². The Morgan fingerprint density at radius 2 is 1.30 bits per heavy atom. The highest BCUT2D eigenvalue weighted by Gasteiger charge is 2.58. The molecule has 4 aromatic rings. The summed E-state index contributed by atoms with van der Waals surface area (Å²) in [6.45, 7) is 0. The molecule has 226 valence electrons. The van der Waals surface area contributed by atoms with E-state index in [0.717, 1.165) is 42.5 Å². The van der Waals surface area contributed by atoms with Gasteiger partial charge in [-0.05, 0) is 42.5 Å². The number of carbonyl (C=O) groups is 2. The monoisotopic (exact) mass is 673 g/mol. The van der Waals surface area contributed by atoms with Crippen molar-refractivity contribution in [3.05, 3.63) is 127 Å². The molecule has 0 saturated carbocycles. The number of carbonyl (C=O) groups excluding carboxylic acids is 2. The minimum absolute atomic E-state index is 0.0579. The fourth-order valence-electron chi connectivity index (χ4n) is 4.11. The van der Waals surface area contributed by atoms with Crippen molar-refractivity contribution in [1.29, 1.82) is 5.26 Å². The summed E-state index contributed by atoms with van der Waals surface area (Å²) in [5.74, 6) is -6.72. The lowest BCUT2D eigenvalue weighted by molar-refractivity contribution is -0.219. The Labute approximate surface area is 258 Å². The normalized spacial score (nSPS) is 12.7. The number of anilines is 2. The predicted molar refractivity (Wildman–Crippen MR) is 149 cm³/mol. The quantitative estimate of drug-likeness (QED) is 0.200. The molecular formula is C29H13Cl3F7N3O2. The van der Waals surface area contributed by atoms with Gasteiger partial charge >= 0.3 is 6.18 Å². The number of nitrogens with one attached hydrogen (secondary N) is 2. The molecule has 0 bridgehead atoms. The highest BCUT2D eigenvalue weighted by Crippen LogP contribution is 2.50. The number of nitriles is 1. The molecule has 0 aliphatic heterocycles. The molecule has 0 radical (unpaired) electrons. The second-order valence-electron chi connectivity index (χ2n) is 9.00. The Balaban J connectivity index is 1.67. The standard InChI is InChI=1S/C29H13Cl3F7N3O2/c30-16-4-2-14(3-5-16)28(36,29(37,38)39)15-7-20(31)25(21(32)8-15)42-26(43)19-11-18(6-1-13(19)12-40)41-27(44)24-22(34)9-17(33)10-23(24)35/h1-11H,(H,41,44)(H,42,43). The van der Waals surface area contributed by atoms with Gasteiger partial charge in [0.1, 0.15) is 23.0 Å². The fourth-order valence-corrected chi connectivity index (χ4v) is 4.81. The maximum Gasteiger partial charge on any atom is 0.431 e. The molecule has 0 aliphatic rings. The number of rotatable bonds is 6. The van der Waals surface area contributed by atoms with Crippen LogP contribution < -0.4 is 10.6 Å². The molecule has 4 aromatic carbocycles. The topological polar surface area (TPSA) is 82.0 Å². The van der Waals surface area contributed by atoms with Crippen molar-refractivity contribution >= 4 is 58.0 Å². The fraction of sp³-hybridized carbons (Fsp3) is 0.0690. The second kappa shape index (κ2) is 12.4. The summed E-state index contributed by atoms with van der Waals surface area (Å²) in [7, 11) is 0. The van der Waals surface area contributed by atoms with E-state index in [0.29, 0.717) is 12.1 Å². The molecule has 0 heterocycles. The van der Waals surface area contributed by atoms with Gasteiger partial charge in [0.15, 0.2) is 0 Å². The van der Waals surface area contributed by atoms with Crippen LogP contribution in [0.4, 0.5) is 42.1 Å². The van der Waals surface area contributed by atoms with Gasteiger partial charge in [-0.2, -0.15) is 18.4 Å². The Kier molecular flexibility index (Phi) is 9.16. The Morgan fingerprint density at radius 1 is 0.727 bits per heavy atom. The van der Waals surface area contributed by atoms with E-state index in [4.69, 9.17) is 34.8 Å². The second-order valence-corrected chi connectivity index (χ2v) is 10.3. The zero-order valence-corrected chi connectivity index (χ0v) is 23.7. The Morgan fingerprint density at radius 3 is 1.82 bits per heavy atom. The highest BCUT2D eigenvalue weighted by molar-refractivity contribution is 6.40. The van der Waals surface area contributed by atoms with E-state index in [9.17, 15) is 41.2 Å². The molecule has 2 amide bonds. The van der Waals surface area contributed by atoms with Crippen molar-refractivity contribution in [3.63, 3.8) is 0 Å². The first-order valence-corrected chi connectivity index (χ1v) is 13.0. The van der Waals surface area contributed by atoms with Crippen LogP contribution in [0.5, 0.6) is 0 Å². The van der Waals surface area contributed by atoms with Crippen molar-refractivity contribution in [3.8, 4) is 6.07 Å². The lowest BCUT2D eigenvalue weighted by Crippen LogP contribution is -2.39. The van der Waals surface area contributed by atoms with Gasteiger partial charge in [0.05, 0.1) is 32.9 Å². The van der Waals surface area contributed by atoms with Crippen LogP contribution in [0, 0.1) is 28.8 Å². The van der Waals surface area contributed by atoms with Gasteiger partial charge in [0, 0.05) is 34.0 Å². The maximum absolute atomic E-state index is 15.8. The van der Waals surface area contributed by atoms with Gasteiger partial charge in [-0.3, -0.25) is 9.59 Å². The molecule has 1 atom stereocenters. The van der Waals surface area contributed by atoms with Crippen molar-refractivity contribution in [2.24, 2.45) is 0 Å². The molecule has 4 rings (SSSR count). The highest BCUT2D eigenvalue weighted by atomic mass is 35.5. The molecule has 15 heteroatoms. The first-order valence-electron chi connectivity index (χ1n) is 11.9. The summed E-state index contributed by atoms with van der Waals surface area (Å²) in [4.78, 5) is 25.6. The summed E-state index contributed by atoms with van der Waals surface area (Å²) in [6, 6.07) is 10.4. The summed E-state index contributed by atoms with van der Waals surface area (Å²) in [5.41, 5.74) is -8.43. The number of halogens is 10. The van der Waals surface area contributed by atoms with Crippen molar-refractivity contribution in [2.45, 2.75) is 11.8 Å². The zero-order valence-electron chi connectivity index (χ0n) is 21.4. The molecule has 0 aliphatic carbocycles. The molecular weight excluding hydrogens is 662 g/mol. The van der Waals surface area contributed by atoms with Gasteiger partial charge in [0.25, 0.3) is 17.5 Å². The van der Waals surface area contributed by atoms with Gasteiger partial charge in [-0.25, -0.2) is 17.6 Å². The minimum atomic E-state index is -5.48. The lowest BCUT2D eigenvalue weighted by atomic mass is 9.87. The molecule has 0 saturated heterocycles. The summed E-state index contributed by atoms with van der Waals surface area (Å²) in [5, 5.41) is 12.6. The lowest BCUT2D eigenvalue weighted by Gasteiger charge is -2.29. The number of hydrogen-bond donors (Lipinski definition) is 2. The van der Waals surface area contributed by atoms with Crippen LogP contribution >= 0.6 is 34.8 Å². The molecule has 1 unspecified atom stereocenters. The predicted octanol–water partition coefficient (Wildman–Crippen LogP) is 9.22. The largest absolute Gasteiger partial charge is 0.431 e. The van der Waals surface area contributed by atoms with E-state index >= 15 is 4.39 Å². The van der Waals surface area contributed by atoms with E-state index in [1.54, 1.807) is 6.07 Å². The van der Waals surface area contributed by atoms with Crippen LogP contribution in [0.2, 0.25) is 15.1 Å². The number of alkyl halides is 4. The number of benzene rings is 4. The zero-order chi connectivity index (χ0) is 32.6. The Hall–Kier alpha value is -4.31. The molecule has 2 N–H and O–H groups in total. The third-order valence-electron chi connectivity index (χ3n) is 6.19. The van der Waals surface area contributed by atoms with Crippen LogP contribution in [0.25, 0.3) is 0 Å². The first-order chi connectivity index (χ1) is 20.6. The average Bonchev–Trinajstić information content (AvgIpc) is 2.93. The smallest absolute Gasteiger partial charge is 0.322 e. The molecule has 44 heavy (non-hydrogen) atoms. The third-order valence-corrected chi connectivity index (χ3v) is 7.04. The average molecular weight is 675 g/mol.